The van der Waals surface area contributed by atoms with Crippen LogP contribution in [-0.2, 0) is 0 Å². The van der Waals surface area contributed by atoms with Crippen LogP contribution in [0.4, 0.5) is 18.0 Å². The molecule has 0 heterocycles. The molecule has 0 radical (unpaired) electrons. The summed E-state index contributed by atoms with van der Waals surface area (Å²) in [6.07, 6.45) is -1.48. The molecule has 0 aliphatic rings. The molecule has 0 bridgehead atoms. The topological polar surface area (TPSA) is 66.4 Å². The number of hydrogen-bond donors (Lipinski definition) is 2. The van der Waals surface area contributed by atoms with Crippen molar-refractivity contribution in [1.82, 2.24) is 5.32 Å². The van der Waals surface area contributed by atoms with Crippen molar-refractivity contribution in [2.45, 2.75) is 6.04 Å². The fourth-order valence-corrected chi connectivity index (χ4v) is 1.90. The Labute approximate surface area is 123 Å². The van der Waals surface area contributed by atoms with Crippen molar-refractivity contribution >= 4 is 11.9 Å². The summed E-state index contributed by atoms with van der Waals surface area (Å²) in [5.74, 6) is -3.69. The SMILES string of the molecule is O=C(O)NC(C(=O)c1ccc(F)c(F)c1)c1ccc(F)cc1. The molecule has 0 aliphatic carbocycles. The summed E-state index contributed by atoms with van der Waals surface area (Å²) in [5.41, 5.74) is -0.0273. The van der Waals surface area contributed by atoms with Gasteiger partial charge >= 0.3 is 6.09 Å². The molecule has 1 unspecified atom stereocenters. The van der Waals surface area contributed by atoms with Gasteiger partial charge in [-0.2, -0.15) is 0 Å². The molecule has 0 saturated carbocycles. The molecule has 0 fully saturated rings. The van der Waals surface area contributed by atoms with Crippen LogP contribution < -0.4 is 5.32 Å². The maximum atomic E-state index is 13.2. The molecule has 2 N–H and O–H groups in total. The third-order valence-electron chi connectivity index (χ3n) is 2.94. The molecular formula is C15H10F3NO3. The summed E-state index contributed by atoms with van der Waals surface area (Å²) in [5, 5.41) is 10.8. The maximum Gasteiger partial charge on any atom is 0.405 e. The fourth-order valence-electron chi connectivity index (χ4n) is 1.90. The number of benzene rings is 2. The van der Waals surface area contributed by atoms with Crippen molar-refractivity contribution in [2.24, 2.45) is 0 Å². The molecule has 0 saturated heterocycles. The number of carboxylic acid groups (broad SMARTS) is 1. The van der Waals surface area contributed by atoms with E-state index in [1.807, 2.05) is 5.32 Å². The first-order valence-corrected chi connectivity index (χ1v) is 6.12. The van der Waals surface area contributed by atoms with Gasteiger partial charge in [-0.05, 0) is 35.9 Å². The molecule has 0 spiro atoms. The summed E-state index contributed by atoms with van der Waals surface area (Å²) in [7, 11) is 0. The van der Waals surface area contributed by atoms with E-state index >= 15 is 0 Å². The van der Waals surface area contributed by atoms with Gasteiger partial charge in [0.1, 0.15) is 11.9 Å². The van der Waals surface area contributed by atoms with Crippen LogP contribution in [-0.4, -0.2) is 17.0 Å². The second-order valence-electron chi connectivity index (χ2n) is 4.43. The molecule has 114 valence electrons. The van der Waals surface area contributed by atoms with E-state index in [0.717, 1.165) is 24.3 Å². The van der Waals surface area contributed by atoms with Gasteiger partial charge in [-0.1, -0.05) is 12.1 Å². The monoisotopic (exact) mass is 309 g/mol. The summed E-state index contributed by atoms with van der Waals surface area (Å²) in [6, 6.07) is 5.71. The van der Waals surface area contributed by atoms with E-state index in [2.05, 4.69) is 0 Å². The van der Waals surface area contributed by atoms with E-state index in [1.54, 1.807) is 0 Å². The zero-order valence-electron chi connectivity index (χ0n) is 11.0. The number of ketones is 1. The Hall–Kier alpha value is -2.83. The largest absolute Gasteiger partial charge is 0.465 e. The lowest BCUT2D eigenvalue weighted by molar-refractivity contribution is 0.0936. The highest BCUT2D eigenvalue weighted by atomic mass is 19.2. The molecule has 2 rings (SSSR count). The van der Waals surface area contributed by atoms with Crippen LogP contribution >= 0.6 is 0 Å². The van der Waals surface area contributed by atoms with Crippen molar-refractivity contribution in [3.63, 3.8) is 0 Å². The van der Waals surface area contributed by atoms with Crippen molar-refractivity contribution < 1.29 is 27.9 Å². The Morgan fingerprint density at radius 1 is 0.955 bits per heavy atom. The zero-order valence-corrected chi connectivity index (χ0v) is 11.0. The first kappa shape index (κ1) is 15.6. The highest BCUT2D eigenvalue weighted by Gasteiger charge is 2.24. The normalized spacial score (nSPS) is 11.8. The molecule has 1 amide bonds. The Balaban J connectivity index is 2.39. The van der Waals surface area contributed by atoms with Gasteiger partial charge < -0.3 is 10.4 Å². The second-order valence-corrected chi connectivity index (χ2v) is 4.43. The lowest BCUT2D eigenvalue weighted by atomic mass is 9.97. The van der Waals surface area contributed by atoms with Gasteiger partial charge in [0.05, 0.1) is 0 Å². The predicted octanol–water partition coefficient (Wildman–Crippen LogP) is 3.30. The third kappa shape index (κ3) is 3.43. The minimum absolute atomic E-state index is 0.179. The van der Waals surface area contributed by atoms with Gasteiger partial charge in [-0.15, -0.1) is 0 Å². The Bertz CT molecular complexity index is 716. The number of nitrogens with one attached hydrogen (secondary N) is 1. The van der Waals surface area contributed by atoms with E-state index in [-0.39, 0.29) is 11.1 Å². The average molecular weight is 309 g/mol. The van der Waals surface area contributed by atoms with E-state index in [4.69, 9.17) is 5.11 Å². The predicted molar refractivity (Wildman–Crippen MR) is 71.0 cm³/mol. The zero-order chi connectivity index (χ0) is 16.3. The van der Waals surface area contributed by atoms with Crippen LogP contribution in [0.25, 0.3) is 0 Å². The maximum absolute atomic E-state index is 13.2. The van der Waals surface area contributed by atoms with Crippen LogP contribution in [0.1, 0.15) is 22.0 Å². The minimum Gasteiger partial charge on any atom is -0.465 e. The molecular weight excluding hydrogens is 299 g/mol. The first-order valence-electron chi connectivity index (χ1n) is 6.12. The Morgan fingerprint density at radius 3 is 2.14 bits per heavy atom. The van der Waals surface area contributed by atoms with Gasteiger partial charge in [0.25, 0.3) is 0 Å². The highest BCUT2D eigenvalue weighted by Crippen LogP contribution is 2.20. The molecule has 0 aromatic heterocycles. The number of rotatable bonds is 4. The van der Waals surface area contributed by atoms with Crippen LogP contribution in [0.5, 0.6) is 0 Å². The van der Waals surface area contributed by atoms with Crippen LogP contribution in [0.15, 0.2) is 42.5 Å². The van der Waals surface area contributed by atoms with Crippen molar-refractivity contribution in [3.8, 4) is 0 Å². The number of carbonyl (C=O) groups is 2. The fraction of sp³-hybridized carbons (Fsp3) is 0.0667. The Morgan fingerprint density at radius 2 is 1.59 bits per heavy atom. The Kier molecular flexibility index (Phi) is 4.45. The van der Waals surface area contributed by atoms with Crippen molar-refractivity contribution in [2.75, 3.05) is 0 Å². The molecule has 4 nitrogen and oxygen atoms in total. The first-order chi connectivity index (χ1) is 10.4. The van der Waals surface area contributed by atoms with Crippen molar-refractivity contribution in [1.29, 1.82) is 0 Å². The summed E-state index contributed by atoms with van der Waals surface area (Å²) < 4.78 is 39.0. The van der Waals surface area contributed by atoms with Gasteiger partial charge in [-0.3, -0.25) is 4.79 Å². The van der Waals surface area contributed by atoms with E-state index in [9.17, 15) is 22.8 Å². The van der Waals surface area contributed by atoms with E-state index in [0.29, 0.717) is 6.07 Å². The second kappa shape index (κ2) is 6.30. The number of halogens is 3. The number of amides is 1. The number of carbonyl (C=O) groups excluding carboxylic acids is 1. The quantitative estimate of drug-likeness (QED) is 0.852. The number of hydrogen-bond acceptors (Lipinski definition) is 2. The summed E-state index contributed by atoms with van der Waals surface area (Å²) in [6.45, 7) is 0. The van der Waals surface area contributed by atoms with Gasteiger partial charge in [0, 0.05) is 5.56 Å². The third-order valence-corrected chi connectivity index (χ3v) is 2.94. The van der Waals surface area contributed by atoms with Crippen LogP contribution in [0, 0.1) is 17.5 Å². The summed E-state index contributed by atoms with van der Waals surface area (Å²) in [4.78, 5) is 23.2. The molecule has 7 heteroatoms. The summed E-state index contributed by atoms with van der Waals surface area (Å²) >= 11 is 0. The van der Waals surface area contributed by atoms with E-state index in [1.165, 1.54) is 12.1 Å². The number of Topliss-reactive ketones (excluding diaryl/α,β-unsaturated/α-hetero) is 1. The van der Waals surface area contributed by atoms with Gasteiger partial charge in [0.15, 0.2) is 17.4 Å². The van der Waals surface area contributed by atoms with Crippen LogP contribution in [0.3, 0.4) is 0 Å². The highest BCUT2D eigenvalue weighted by molar-refractivity contribution is 6.02. The van der Waals surface area contributed by atoms with Gasteiger partial charge in [-0.25, -0.2) is 18.0 Å². The van der Waals surface area contributed by atoms with Crippen molar-refractivity contribution in [3.05, 3.63) is 71.0 Å². The molecule has 1 atom stereocenters. The smallest absolute Gasteiger partial charge is 0.405 e. The van der Waals surface area contributed by atoms with E-state index < -0.39 is 35.4 Å². The standard InChI is InChI=1S/C15H10F3NO3/c16-10-4-1-8(2-5-10)13(19-15(21)22)14(20)9-3-6-11(17)12(18)7-9/h1-7,13,19H,(H,21,22). The molecule has 2 aromatic carbocycles. The minimum atomic E-state index is -1.48. The lowest BCUT2D eigenvalue weighted by Gasteiger charge is -2.16. The molecule has 2 aromatic rings. The van der Waals surface area contributed by atoms with Gasteiger partial charge in [0.2, 0.25) is 0 Å². The average Bonchev–Trinajstić information content (AvgIpc) is 2.48. The molecule has 0 aliphatic heterocycles. The van der Waals surface area contributed by atoms with Crippen LogP contribution in [0.2, 0.25) is 0 Å². The molecule has 22 heavy (non-hydrogen) atoms. The lowest BCUT2D eigenvalue weighted by Crippen LogP contribution is -2.32.